The lowest BCUT2D eigenvalue weighted by Crippen LogP contribution is -2.30. The molecular weight excluding hydrogens is 210 g/mol. The van der Waals surface area contributed by atoms with E-state index >= 15 is 0 Å². The van der Waals surface area contributed by atoms with Gasteiger partial charge in [0.15, 0.2) is 0 Å². The van der Waals surface area contributed by atoms with Crippen LogP contribution in [0.15, 0.2) is 17.2 Å². The van der Waals surface area contributed by atoms with Gasteiger partial charge in [-0.3, -0.25) is 5.41 Å². The van der Waals surface area contributed by atoms with E-state index in [-0.39, 0.29) is 5.84 Å². The molecule has 2 heterocycles. The fraction of sp³-hybridized carbons (Fsp3) is 0.400. The van der Waals surface area contributed by atoms with Gasteiger partial charge in [0.25, 0.3) is 0 Å². The Labute approximate surface area is 92.7 Å². The zero-order valence-electron chi connectivity index (χ0n) is 8.49. The molecule has 0 spiro atoms. The number of ether oxygens (including phenoxy) is 1. The van der Waals surface area contributed by atoms with E-state index in [1.807, 2.05) is 19.1 Å². The van der Waals surface area contributed by atoms with Gasteiger partial charge in [-0.2, -0.15) is 0 Å². The quantitative estimate of drug-likeness (QED) is 0.596. The lowest BCUT2D eigenvalue weighted by atomic mass is 10.2. The van der Waals surface area contributed by atoms with Crippen molar-refractivity contribution in [2.24, 2.45) is 5.73 Å². The van der Waals surface area contributed by atoms with Gasteiger partial charge in [0, 0.05) is 11.3 Å². The molecule has 5 heteroatoms. The number of nitrogens with two attached hydrogens (primary N) is 1. The van der Waals surface area contributed by atoms with Gasteiger partial charge >= 0.3 is 0 Å². The standard InChI is InChI=1S/C10H13N3OS/c1-6-2-7(10(11)12)3-9(13-6)15-8-4-14-5-8/h2-3,8H,4-5H2,1H3,(H3,11,12). The molecule has 0 aliphatic carbocycles. The van der Waals surface area contributed by atoms with Crippen LogP contribution in [-0.4, -0.2) is 29.3 Å². The third-order valence-corrected chi connectivity index (χ3v) is 3.19. The topological polar surface area (TPSA) is 72.0 Å². The number of hydrogen-bond acceptors (Lipinski definition) is 4. The zero-order chi connectivity index (χ0) is 10.8. The Morgan fingerprint density at radius 3 is 2.87 bits per heavy atom. The summed E-state index contributed by atoms with van der Waals surface area (Å²) < 4.78 is 5.10. The molecule has 0 bridgehead atoms. The first-order chi connectivity index (χ1) is 7.15. The van der Waals surface area contributed by atoms with Gasteiger partial charge in [0.2, 0.25) is 0 Å². The summed E-state index contributed by atoms with van der Waals surface area (Å²) in [5.41, 5.74) is 7.09. The second-order valence-corrected chi connectivity index (χ2v) is 4.85. The summed E-state index contributed by atoms with van der Waals surface area (Å²) in [7, 11) is 0. The van der Waals surface area contributed by atoms with Gasteiger partial charge < -0.3 is 10.5 Å². The normalized spacial score (nSPS) is 16.1. The van der Waals surface area contributed by atoms with Crippen LogP contribution in [0.2, 0.25) is 0 Å². The summed E-state index contributed by atoms with van der Waals surface area (Å²) in [6.45, 7) is 3.49. The minimum Gasteiger partial charge on any atom is -0.384 e. The van der Waals surface area contributed by atoms with Crippen LogP contribution < -0.4 is 5.73 Å². The molecule has 0 aromatic carbocycles. The number of nitrogens with one attached hydrogen (secondary N) is 1. The van der Waals surface area contributed by atoms with Gasteiger partial charge in [-0.25, -0.2) is 4.98 Å². The van der Waals surface area contributed by atoms with Gasteiger partial charge in [-0.15, -0.1) is 0 Å². The van der Waals surface area contributed by atoms with Crippen molar-refractivity contribution in [1.82, 2.24) is 4.98 Å². The van der Waals surface area contributed by atoms with E-state index in [1.54, 1.807) is 11.8 Å². The molecule has 15 heavy (non-hydrogen) atoms. The molecule has 0 radical (unpaired) electrons. The molecular formula is C10H13N3OS. The highest BCUT2D eigenvalue weighted by atomic mass is 32.2. The molecule has 1 aliphatic heterocycles. The third-order valence-electron chi connectivity index (χ3n) is 2.14. The molecule has 1 fully saturated rings. The summed E-state index contributed by atoms with van der Waals surface area (Å²) in [6, 6.07) is 3.68. The Morgan fingerprint density at radius 2 is 2.33 bits per heavy atom. The average Bonchev–Trinajstić information content (AvgIpc) is 2.10. The van der Waals surface area contributed by atoms with Gasteiger partial charge in [0.1, 0.15) is 5.84 Å². The van der Waals surface area contributed by atoms with E-state index in [0.717, 1.165) is 29.5 Å². The Morgan fingerprint density at radius 1 is 1.60 bits per heavy atom. The van der Waals surface area contributed by atoms with E-state index in [2.05, 4.69) is 4.98 Å². The molecule has 0 unspecified atom stereocenters. The number of aryl methyl sites for hydroxylation is 1. The largest absolute Gasteiger partial charge is 0.384 e. The first kappa shape index (κ1) is 10.4. The summed E-state index contributed by atoms with van der Waals surface area (Å²) in [5, 5.41) is 8.81. The molecule has 3 N–H and O–H groups in total. The molecule has 1 aliphatic rings. The van der Waals surface area contributed by atoms with Crippen molar-refractivity contribution < 1.29 is 4.74 Å². The molecule has 0 atom stereocenters. The van der Waals surface area contributed by atoms with Crippen molar-refractivity contribution in [3.05, 3.63) is 23.4 Å². The number of hydrogen-bond donors (Lipinski definition) is 2. The first-order valence-electron chi connectivity index (χ1n) is 4.72. The maximum absolute atomic E-state index is 7.39. The zero-order valence-corrected chi connectivity index (χ0v) is 9.30. The highest BCUT2D eigenvalue weighted by Gasteiger charge is 2.20. The van der Waals surface area contributed by atoms with Crippen LogP contribution >= 0.6 is 11.8 Å². The summed E-state index contributed by atoms with van der Waals surface area (Å²) in [5.74, 6) is 0.0900. The minimum absolute atomic E-state index is 0.0900. The van der Waals surface area contributed by atoms with Crippen molar-refractivity contribution in [3.8, 4) is 0 Å². The SMILES string of the molecule is Cc1cc(C(=N)N)cc(SC2COC2)n1. The summed E-state index contributed by atoms with van der Waals surface area (Å²) in [6.07, 6.45) is 0. The van der Waals surface area contributed by atoms with Crippen LogP contribution in [0.3, 0.4) is 0 Å². The maximum atomic E-state index is 7.39. The van der Waals surface area contributed by atoms with E-state index < -0.39 is 0 Å². The Kier molecular flexibility index (Phi) is 2.93. The van der Waals surface area contributed by atoms with Crippen LogP contribution in [-0.2, 0) is 4.74 Å². The molecule has 2 rings (SSSR count). The minimum atomic E-state index is 0.0900. The van der Waals surface area contributed by atoms with Crippen LogP contribution in [0.4, 0.5) is 0 Å². The number of nitrogen functional groups attached to an aromatic ring is 1. The highest BCUT2D eigenvalue weighted by Crippen LogP contribution is 2.27. The second kappa shape index (κ2) is 4.20. The van der Waals surface area contributed by atoms with E-state index in [9.17, 15) is 0 Å². The van der Waals surface area contributed by atoms with Crippen molar-refractivity contribution in [2.75, 3.05) is 13.2 Å². The number of rotatable bonds is 3. The van der Waals surface area contributed by atoms with E-state index in [4.69, 9.17) is 15.9 Å². The summed E-state index contributed by atoms with van der Waals surface area (Å²) in [4.78, 5) is 4.39. The van der Waals surface area contributed by atoms with E-state index in [0.29, 0.717) is 5.25 Å². The molecule has 4 nitrogen and oxygen atoms in total. The number of aromatic nitrogens is 1. The van der Waals surface area contributed by atoms with Crippen LogP contribution in [0.25, 0.3) is 0 Å². The van der Waals surface area contributed by atoms with Gasteiger partial charge in [-0.1, -0.05) is 11.8 Å². The van der Waals surface area contributed by atoms with Crippen molar-refractivity contribution in [3.63, 3.8) is 0 Å². The number of amidine groups is 1. The van der Waals surface area contributed by atoms with Crippen LogP contribution in [0.1, 0.15) is 11.3 Å². The molecule has 0 amide bonds. The Balaban J connectivity index is 2.18. The predicted octanol–water partition coefficient (Wildman–Crippen LogP) is 1.16. The Hall–Kier alpha value is -1.07. The van der Waals surface area contributed by atoms with Gasteiger partial charge in [0.05, 0.1) is 23.5 Å². The third kappa shape index (κ3) is 2.49. The fourth-order valence-electron chi connectivity index (χ4n) is 1.31. The van der Waals surface area contributed by atoms with E-state index in [1.165, 1.54) is 0 Å². The molecule has 80 valence electrons. The van der Waals surface area contributed by atoms with Crippen LogP contribution in [0, 0.1) is 12.3 Å². The van der Waals surface area contributed by atoms with Crippen molar-refractivity contribution in [2.45, 2.75) is 17.2 Å². The van der Waals surface area contributed by atoms with Crippen molar-refractivity contribution >= 4 is 17.6 Å². The monoisotopic (exact) mass is 223 g/mol. The predicted molar refractivity (Wildman–Crippen MR) is 60.5 cm³/mol. The van der Waals surface area contributed by atoms with Crippen molar-refractivity contribution in [1.29, 1.82) is 5.41 Å². The van der Waals surface area contributed by atoms with Gasteiger partial charge in [-0.05, 0) is 19.1 Å². The smallest absolute Gasteiger partial charge is 0.122 e. The molecule has 0 saturated carbocycles. The number of pyridine rings is 1. The molecule has 1 saturated heterocycles. The lowest BCUT2D eigenvalue weighted by Gasteiger charge is -2.24. The number of thioether (sulfide) groups is 1. The first-order valence-corrected chi connectivity index (χ1v) is 5.60. The highest BCUT2D eigenvalue weighted by molar-refractivity contribution is 8.00. The number of nitrogens with zero attached hydrogens (tertiary/aromatic N) is 1. The molecule has 1 aromatic rings. The average molecular weight is 223 g/mol. The summed E-state index contributed by atoms with van der Waals surface area (Å²) >= 11 is 1.69. The van der Waals surface area contributed by atoms with Crippen LogP contribution in [0.5, 0.6) is 0 Å². The fourth-order valence-corrected chi connectivity index (χ4v) is 2.37. The molecule has 1 aromatic heterocycles. The lowest BCUT2D eigenvalue weighted by molar-refractivity contribution is 0.0454. The second-order valence-electron chi connectivity index (χ2n) is 3.53. The Bertz CT molecular complexity index is 390. The maximum Gasteiger partial charge on any atom is 0.122 e.